The minimum atomic E-state index is -0.692. The van der Waals surface area contributed by atoms with E-state index in [9.17, 15) is 56.9 Å². The van der Waals surface area contributed by atoms with Crippen molar-refractivity contribution >= 4 is 51.4 Å². The van der Waals surface area contributed by atoms with Crippen LogP contribution in [0.2, 0.25) is 0 Å². The number of fused-ring (bicyclic) bond motifs is 4. The first-order chi connectivity index (χ1) is 40.1. The van der Waals surface area contributed by atoms with E-state index in [1.165, 1.54) is 66.4 Å². The molecule has 0 radical (unpaired) electrons. The Balaban J connectivity index is 0.000000179. The van der Waals surface area contributed by atoms with Crippen LogP contribution in [0, 0.1) is 17.5 Å². The third kappa shape index (κ3) is 14.4. The van der Waals surface area contributed by atoms with Gasteiger partial charge in [0.15, 0.2) is 28.6 Å². The molecule has 11 rings (SSSR count). The molecule has 5 aromatic heterocycles. The number of piperazine rings is 1. The molecule has 20 nitrogen and oxygen atoms in total. The predicted octanol–water partition coefficient (Wildman–Crippen LogP) is 2.11. The minimum Gasteiger partial charge on any atom is -0.857 e. The van der Waals surface area contributed by atoms with Crippen LogP contribution in [0.4, 0.5) is 13.2 Å². The van der Waals surface area contributed by atoms with Gasteiger partial charge < -0.3 is 39.7 Å². The molecule has 2 N–H and O–H groups in total. The molecule has 8 aromatic rings. The summed E-state index contributed by atoms with van der Waals surface area (Å²) in [5.41, 5.74) is 4.34. The van der Waals surface area contributed by atoms with Crippen LogP contribution in [-0.4, -0.2) is 151 Å². The summed E-state index contributed by atoms with van der Waals surface area (Å²) in [6, 6.07) is 23.2. The summed E-state index contributed by atoms with van der Waals surface area (Å²) in [4.78, 5) is 107. The molecule has 0 saturated carbocycles. The smallest absolute Gasteiger partial charge is 0.857 e. The van der Waals surface area contributed by atoms with Crippen molar-refractivity contribution in [2.75, 3.05) is 61.0 Å². The van der Waals surface area contributed by atoms with E-state index < -0.39 is 23.7 Å². The number of aromatic hydroxyl groups is 2. The zero-order valence-corrected chi connectivity index (χ0v) is 49.8. The number of esters is 1. The van der Waals surface area contributed by atoms with Crippen molar-refractivity contribution < 1.29 is 86.8 Å². The van der Waals surface area contributed by atoms with Crippen molar-refractivity contribution in [3.63, 3.8) is 0 Å². The molecule has 24 heteroatoms. The van der Waals surface area contributed by atoms with Gasteiger partial charge in [-0.2, -0.15) is 7.11 Å². The van der Waals surface area contributed by atoms with Crippen LogP contribution in [0.3, 0.4) is 0 Å². The van der Waals surface area contributed by atoms with E-state index in [0.29, 0.717) is 64.1 Å². The van der Waals surface area contributed by atoms with Crippen molar-refractivity contribution in [2.45, 2.75) is 52.3 Å². The summed E-state index contributed by atoms with van der Waals surface area (Å²) >= 11 is 0. The SMILES string of the molecule is CC(C)OC(=O)c1ncc(Cc2ccc(F)cc2)cc1C(=O)N1CCN(C)C(=O)C1.CN1CCn2c(c(O)c3ncc(Cc4ccc(F)cc4)cc3c2=O)C1=O.CN1CCn2c(c(O)c3ncc(Cc4ccc(F)cc4)cc3c2=O)C1=O.C[O-].[Na+]. The number of likely N-dealkylation sites (N-methyl/N-ethyl adjacent to an activating group) is 3. The number of nitrogens with zero attached hydrogens (tertiary/aromatic N) is 9. The minimum absolute atomic E-state index is 0. The Morgan fingerprint density at radius 2 is 0.929 bits per heavy atom. The molecular weight excluding hydrogens is 1110 g/mol. The van der Waals surface area contributed by atoms with Gasteiger partial charge in [0, 0.05) is 79.0 Å². The molecule has 85 heavy (non-hydrogen) atoms. The number of carbonyl (C=O) groups excluding carboxylic acids is 5. The maximum absolute atomic E-state index is 13.2. The van der Waals surface area contributed by atoms with Gasteiger partial charge in [-0.15, -0.1) is 0 Å². The van der Waals surface area contributed by atoms with Crippen LogP contribution in [0.1, 0.15) is 89.1 Å². The number of rotatable bonds is 9. The second-order valence-corrected chi connectivity index (χ2v) is 20.4. The Morgan fingerprint density at radius 1 is 0.553 bits per heavy atom. The molecule has 436 valence electrons. The van der Waals surface area contributed by atoms with Gasteiger partial charge in [-0.3, -0.25) is 47.9 Å². The van der Waals surface area contributed by atoms with Crippen LogP contribution in [0.5, 0.6) is 11.5 Å². The summed E-state index contributed by atoms with van der Waals surface area (Å²) in [6.45, 7) is 5.59. The molecule has 0 aliphatic carbocycles. The average Bonchev–Trinajstić information content (AvgIpc) is 1.43. The third-order valence-corrected chi connectivity index (χ3v) is 14.1. The number of benzene rings is 3. The van der Waals surface area contributed by atoms with Gasteiger partial charge in [-0.1, -0.05) is 36.4 Å². The molecule has 0 atom stereocenters. The van der Waals surface area contributed by atoms with Gasteiger partial charge in [-0.05, 0) is 121 Å². The van der Waals surface area contributed by atoms with Gasteiger partial charge in [0.25, 0.3) is 28.8 Å². The van der Waals surface area contributed by atoms with Gasteiger partial charge in [-0.25, -0.2) is 22.9 Å². The first kappa shape index (κ1) is 63.8. The number of hydrogen-bond acceptors (Lipinski definition) is 14. The Bertz CT molecular complexity index is 3780. The van der Waals surface area contributed by atoms with Crippen molar-refractivity contribution in [3.8, 4) is 11.5 Å². The standard InChI is InChI=1S/C22H24FN3O4.2C19H16FN3O3.CH3O.Na/c1-14(2)30-22(29)20-18(21(28)26-9-8-25(3)19(27)13-26)11-16(12-24-20)10-15-4-6-17(23)7-5-15;2*1-22-6-7-23-16(19(22)26)17(24)15-14(18(23)25)9-12(10-21-15)8-11-2-4-13(20)5-3-11;1-2;/h4-7,11-12,14H,8-10,13H2,1-3H3;2*2-5,9-10,24H,6-8H2,1H3;1H3;/q;;;-1;+1. The van der Waals surface area contributed by atoms with Crippen LogP contribution in [0.25, 0.3) is 21.8 Å². The summed E-state index contributed by atoms with van der Waals surface area (Å²) in [5.74, 6) is -3.60. The Labute approximate surface area is 507 Å². The van der Waals surface area contributed by atoms with Crippen molar-refractivity contribution in [3.05, 3.63) is 204 Å². The fraction of sp³-hybridized carbons (Fsp3) is 0.279. The largest absolute Gasteiger partial charge is 1.00 e. The molecule has 1 fully saturated rings. The maximum Gasteiger partial charge on any atom is 1.00 e. The summed E-state index contributed by atoms with van der Waals surface area (Å²) < 4.78 is 47.1. The quantitative estimate of drug-likeness (QED) is 0.155. The molecule has 0 spiro atoms. The summed E-state index contributed by atoms with van der Waals surface area (Å²) in [7, 11) is 5.68. The second kappa shape index (κ2) is 27.7. The van der Waals surface area contributed by atoms with E-state index in [2.05, 4.69) is 15.0 Å². The van der Waals surface area contributed by atoms with E-state index >= 15 is 0 Å². The molecular formula is C61H59F3N9NaO11. The monoisotopic (exact) mass is 1170 g/mol. The molecule has 3 aromatic carbocycles. The van der Waals surface area contributed by atoms with E-state index in [0.717, 1.165) is 34.9 Å². The Morgan fingerprint density at radius 3 is 1.32 bits per heavy atom. The predicted molar refractivity (Wildman–Crippen MR) is 301 cm³/mol. The van der Waals surface area contributed by atoms with Crippen LogP contribution in [-0.2, 0) is 41.9 Å². The average molecular weight is 1170 g/mol. The number of hydrogen-bond donors (Lipinski definition) is 2. The van der Waals surface area contributed by atoms with Gasteiger partial charge in [0.2, 0.25) is 5.91 Å². The number of pyridine rings is 5. The van der Waals surface area contributed by atoms with Gasteiger partial charge >= 0.3 is 35.5 Å². The number of aromatic nitrogens is 5. The molecule has 1 saturated heterocycles. The second-order valence-electron chi connectivity index (χ2n) is 20.4. The zero-order valence-electron chi connectivity index (χ0n) is 47.8. The summed E-state index contributed by atoms with van der Waals surface area (Å²) in [6.07, 6.45) is 5.62. The number of carbonyl (C=O) groups is 5. The number of amides is 4. The molecule has 0 unspecified atom stereocenters. The van der Waals surface area contributed by atoms with E-state index in [4.69, 9.17) is 9.84 Å². The number of ether oxygens (including phenoxy) is 1. The van der Waals surface area contributed by atoms with Crippen LogP contribution < -0.4 is 45.8 Å². The molecule has 3 aliphatic rings. The third-order valence-electron chi connectivity index (χ3n) is 14.1. The molecule has 3 aliphatic heterocycles. The zero-order chi connectivity index (χ0) is 60.7. The fourth-order valence-electron chi connectivity index (χ4n) is 9.63. The van der Waals surface area contributed by atoms with Crippen molar-refractivity contribution in [1.82, 2.24) is 43.7 Å². The topological polar surface area (TPSA) is 254 Å². The Kier molecular flexibility index (Phi) is 20.8. The van der Waals surface area contributed by atoms with Gasteiger partial charge in [0.1, 0.15) is 35.0 Å². The maximum atomic E-state index is 13.2. The molecule has 4 amide bonds. The molecule has 0 bridgehead atoms. The van der Waals surface area contributed by atoms with E-state index in [-0.39, 0.29) is 133 Å². The summed E-state index contributed by atoms with van der Waals surface area (Å²) in [5, 5.41) is 29.8. The normalized spacial score (nSPS) is 13.6. The van der Waals surface area contributed by atoms with Crippen LogP contribution in [0.15, 0.2) is 119 Å². The van der Waals surface area contributed by atoms with Gasteiger partial charge in [0.05, 0.1) is 22.4 Å². The van der Waals surface area contributed by atoms with E-state index in [1.807, 2.05) is 0 Å². The van der Waals surface area contributed by atoms with Crippen LogP contribution >= 0.6 is 0 Å². The van der Waals surface area contributed by atoms with Crippen molar-refractivity contribution in [2.24, 2.45) is 0 Å². The first-order valence-corrected chi connectivity index (χ1v) is 26.5. The fourth-order valence-corrected chi connectivity index (χ4v) is 9.63. The first-order valence-electron chi connectivity index (χ1n) is 26.5. The Hall–Kier alpha value is -8.77. The van der Waals surface area contributed by atoms with Crippen molar-refractivity contribution in [1.29, 1.82) is 0 Å². The molecule has 8 heterocycles. The number of halogens is 3. The van der Waals surface area contributed by atoms with E-state index in [1.54, 1.807) is 107 Å².